The van der Waals surface area contributed by atoms with Crippen LogP contribution in [0.25, 0.3) is 0 Å². The highest BCUT2D eigenvalue weighted by atomic mass is 19.3. The minimum Gasteiger partial charge on any atom is -0.423 e. The summed E-state index contributed by atoms with van der Waals surface area (Å²) in [6.07, 6.45) is -0.745. The van der Waals surface area contributed by atoms with E-state index in [9.17, 15) is 32.4 Å². The van der Waals surface area contributed by atoms with Crippen LogP contribution in [0.5, 0.6) is 0 Å². The molecular formula is C20H18BF4NO3. The van der Waals surface area contributed by atoms with E-state index in [-0.39, 0.29) is 29.6 Å². The van der Waals surface area contributed by atoms with E-state index in [4.69, 9.17) is 0 Å². The van der Waals surface area contributed by atoms with E-state index < -0.39 is 54.8 Å². The van der Waals surface area contributed by atoms with Crippen molar-refractivity contribution in [1.82, 2.24) is 0 Å². The van der Waals surface area contributed by atoms with Gasteiger partial charge in [-0.15, -0.1) is 0 Å². The standard InChI is InChI=1S/C20H18BF4NO3/c22-15-6-5-14-17(16(15)23)26-18(27)20(14,12-7-9-19(24,25)10-8-12)11-1-3-13(4-2-11)21(28)29/h1-6,12,28-29H,7-10H2,(H,26,27)/t20-/m1/s1. The monoisotopic (exact) mass is 407 g/mol. The third-order valence-electron chi connectivity index (χ3n) is 6.11. The summed E-state index contributed by atoms with van der Waals surface area (Å²) in [4.78, 5) is 13.2. The van der Waals surface area contributed by atoms with E-state index in [0.29, 0.717) is 5.56 Å². The molecule has 0 spiro atoms. The molecule has 4 rings (SSSR count). The maximum atomic E-state index is 14.4. The van der Waals surface area contributed by atoms with Gasteiger partial charge in [0.15, 0.2) is 11.6 Å². The van der Waals surface area contributed by atoms with Gasteiger partial charge in [0.25, 0.3) is 0 Å². The second-order valence-corrected chi connectivity index (χ2v) is 7.67. The number of alkyl halides is 2. The summed E-state index contributed by atoms with van der Waals surface area (Å²) in [6, 6.07) is 8.04. The van der Waals surface area contributed by atoms with Crippen molar-refractivity contribution in [2.75, 3.05) is 5.32 Å². The molecule has 1 aliphatic heterocycles. The van der Waals surface area contributed by atoms with Crippen molar-refractivity contribution in [1.29, 1.82) is 0 Å². The molecule has 4 nitrogen and oxygen atoms in total. The van der Waals surface area contributed by atoms with E-state index in [0.717, 1.165) is 6.07 Å². The fourth-order valence-electron chi connectivity index (χ4n) is 4.65. The first-order valence-electron chi connectivity index (χ1n) is 9.31. The van der Waals surface area contributed by atoms with Crippen LogP contribution >= 0.6 is 0 Å². The first kappa shape index (κ1) is 19.9. The molecule has 152 valence electrons. The number of carbonyl (C=O) groups excluding carboxylic acids is 1. The summed E-state index contributed by atoms with van der Waals surface area (Å²) in [5, 5.41) is 21.1. The van der Waals surface area contributed by atoms with E-state index in [1.54, 1.807) is 0 Å². The van der Waals surface area contributed by atoms with Crippen molar-refractivity contribution < 1.29 is 32.4 Å². The van der Waals surface area contributed by atoms with Gasteiger partial charge in [-0.05, 0) is 41.4 Å². The van der Waals surface area contributed by atoms with Gasteiger partial charge in [0.05, 0.1) is 5.69 Å². The zero-order valence-corrected chi connectivity index (χ0v) is 15.3. The first-order valence-corrected chi connectivity index (χ1v) is 9.31. The Kier molecular flexibility index (Phi) is 4.70. The maximum absolute atomic E-state index is 14.4. The van der Waals surface area contributed by atoms with Gasteiger partial charge in [0.1, 0.15) is 5.41 Å². The van der Waals surface area contributed by atoms with Gasteiger partial charge in [-0.1, -0.05) is 30.3 Å². The molecule has 2 aromatic rings. The van der Waals surface area contributed by atoms with Crippen molar-refractivity contribution in [2.45, 2.75) is 37.0 Å². The molecule has 29 heavy (non-hydrogen) atoms. The van der Waals surface area contributed by atoms with Crippen LogP contribution in [0.1, 0.15) is 36.8 Å². The minimum absolute atomic E-state index is 0.0310. The van der Waals surface area contributed by atoms with Crippen LogP contribution in [0.3, 0.4) is 0 Å². The molecule has 1 fully saturated rings. The molecule has 1 aliphatic carbocycles. The second kappa shape index (κ2) is 6.85. The van der Waals surface area contributed by atoms with Crippen LogP contribution in [0, 0.1) is 17.6 Å². The molecule has 2 aliphatic rings. The summed E-state index contributed by atoms with van der Waals surface area (Å²) in [7, 11) is -1.72. The number of amides is 1. The molecular weight excluding hydrogens is 389 g/mol. The zero-order valence-electron chi connectivity index (χ0n) is 15.3. The highest BCUT2D eigenvalue weighted by Crippen LogP contribution is 2.54. The fourth-order valence-corrected chi connectivity index (χ4v) is 4.65. The molecule has 0 bridgehead atoms. The molecule has 0 unspecified atom stereocenters. The predicted octanol–water partition coefficient (Wildman–Crippen LogP) is 2.71. The number of anilines is 1. The zero-order chi connectivity index (χ0) is 21.0. The summed E-state index contributed by atoms with van der Waals surface area (Å²) in [5.74, 6) is -6.30. The highest BCUT2D eigenvalue weighted by Gasteiger charge is 2.56. The van der Waals surface area contributed by atoms with E-state index in [1.807, 2.05) is 0 Å². The predicted molar refractivity (Wildman–Crippen MR) is 98.9 cm³/mol. The molecule has 3 N–H and O–H groups in total. The van der Waals surface area contributed by atoms with Crippen LogP contribution in [0.4, 0.5) is 23.2 Å². The van der Waals surface area contributed by atoms with Crippen LogP contribution in [0.15, 0.2) is 36.4 Å². The lowest BCUT2D eigenvalue weighted by atomic mass is 9.61. The van der Waals surface area contributed by atoms with E-state index in [2.05, 4.69) is 5.32 Å². The summed E-state index contributed by atoms with van der Waals surface area (Å²) in [5.41, 5.74) is -0.964. The Labute approximate surface area is 164 Å². The number of hydrogen-bond acceptors (Lipinski definition) is 3. The molecule has 0 radical (unpaired) electrons. The lowest BCUT2D eigenvalue weighted by Crippen LogP contribution is -2.46. The van der Waals surface area contributed by atoms with E-state index >= 15 is 0 Å². The number of rotatable bonds is 3. The third-order valence-corrected chi connectivity index (χ3v) is 6.11. The lowest BCUT2D eigenvalue weighted by molar-refractivity contribution is -0.123. The lowest BCUT2D eigenvalue weighted by Gasteiger charge is -2.40. The van der Waals surface area contributed by atoms with Crippen molar-refractivity contribution in [3.63, 3.8) is 0 Å². The maximum Gasteiger partial charge on any atom is 0.488 e. The molecule has 0 saturated heterocycles. The quantitative estimate of drug-likeness (QED) is 0.542. The van der Waals surface area contributed by atoms with Gasteiger partial charge in [0.2, 0.25) is 11.8 Å². The topological polar surface area (TPSA) is 69.6 Å². The Morgan fingerprint density at radius 3 is 2.21 bits per heavy atom. The second-order valence-electron chi connectivity index (χ2n) is 7.67. The van der Waals surface area contributed by atoms with E-state index in [1.165, 1.54) is 30.3 Å². The molecule has 2 aromatic carbocycles. The summed E-state index contributed by atoms with van der Waals surface area (Å²) < 4.78 is 55.7. The number of halogens is 4. The summed E-state index contributed by atoms with van der Waals surface area (Å²) in [6.45, 7) is 0. The number of carbonyl (C=O) groups is 1. The average Bonchev–Trinajstić information content (AvgIpc) is 2.98. The van der Waals surface area contributed by atoms with Crippen molar-refractivity contribution in [3.05, 3.63) is 59.2 Å². The Bertz CT molecular complexity index is 957. The SMILES string of the molecule is O=C1Nc2c(ccc(F)c2F)[C@@]1(c1ccc(B(O)O)cc1)C1CCC(F)(F)CC1. The van der Waals surface area contributed by atoms with Gasteiger partial charge < -0.3 is 15.4 Å². The Morgan fingerprint density at radius 1 is 1.00 bits per heavy atom. The smallest absolute Gasteiger partial charge is 0.423 e. The number of fused-ring (bicyclic) bond motifs is 1. The van der Waals surface area contributed by atoms with Crippen molar-refractivity contribution >= 4 is 24.2 Å². The van der Waals surface area contributed by atoms with Gasteiger partial charge in [-0.2, -0.15) is 0 Å². The van der Waals surface area contributed by atoms with Crippen molar-refractivity contribution in [3.8, 4) is 0 Å². The number of hydrogen-bond donors (Lipinski definition) is 3. The molecule has 1 heterocycles. The minimum atomic E-state index is -2.82. The molecule has 1 atom stereocenters. The van der Waals surface area contributed by atoms with Crippen LogP contribution < -0.4 is 10.8 Å². The molecule has 1 saturated carbocycles. The van der Waals surface area contributed by atoms with Crippen LogP contribution in [-0.4, -0.2) is 29.0 Å². The Morgan fingerprint density at radius 2 is 1.62 bits per heavy atom. The van der Waals surface area contributed by atoms with Gasteiger partial charge in [-0.3, -0.25) is 4.79 Å². The number of nitrogens with one attached hydrogen (secondary N) is 1. The highest BCUT2D eigenvalue weighted by molar-refractivity contribution is 6.58. The number of benzene rings is 2. The normalized spacial score (nSPS) is 23.6. The Hall–Kier alpha value is -2.39. The van der Waals surface area contributed by atoms with Crippen LogP contribution in [-0.2, 0) is 10.2 Å². The average molecular weight is 407 g/mol. The van der Waals surface area contributed by atoms with Gasteiger partial charge >= 0.3 is 7.12 Å². The Balaban J connectivity index is 1.90. The molecule has 9 heteroatoms. The van der Waals surface area contributed by atoms with Gasteiger partial charge in [-0.25, -0.2) is 17.6 Å². The van der Waals surface area contributed by atoms with Crippen LogP contribution in [0.2, 0.25) is 0 Å². The third kappa shape index (κ3) is 3.03. The van der Waals surface area contributed by atoms with Gasteiger partial charge in [0, 0.05) is 12.8 Å². The first-order chi connectivity index (χ1) is 13.7. The molecule has 0 aromatic heterocycles. The molecule has 1 amide bonds. The summed E-state index contributed by atoms with van der Waals surface area (Å²) >= 11 is 0. The largest absolute Gasteiger partial charge is 0.488 e. The van der Waals surface area contributed by atoms with Crippen molar-refractivity contribution in [2.24, 2.45) is 5.92 Å². The fraction of sp³-hybridized carbons (Fsp3) is 0.350.